The minimum Gasteiger partial charge on any atom is -0.266 e. The van der Waals surface area contributed by atoms with E-state index in [0.29, 0.717) is 0 Å². The number of halogens is 8. The first-order valence-corrected chi connectivity index (χ1v) is 7.54. The molecule has 0 unspecified atom stereocenters. The monoisotopic (exact) mass is 300 g/mol. The van der Waals surface area contributed by atoms with Gasteiger partial charge in [0.2, 0.25) is 0 Å². The van der Waals surface area contributed by atoms with Gasteiger partial charge in [0.25, 0.3) is 0 Å². The predicted molar refractivity (Wildman–Crippen MR) is 49.5 cm³/mol. The molecule has 84 valence electrons. The SMILES string of the molecule is Fc1c(F)c([Si](F)(Cl)Cl)c(F)c(F)c1Cl. The maximum Gasteiger partial charge on any atom is 0.471 e. The summed E-state index contributed by atoms with van der Waals surface area (Å²) in [6.07, 6.45) is 0. The van der Waals surface area contributed by atoms with Crippen molar-refractivity contribution in [3.05, 3.63) is 28.3 Å². The molecule has 0 amide bonds. The van der Waals surface area contributed by atoms with Crippen molar-refractivity contribution in [2.24, 2.45) is 0 Å². The molecule has 0 nitrogen and oxygen atoms in total. The van der Waals surface area contributed by atoms with Crippen LogP contribution in [-0.4, -0.2) is 7.03 Å². The van der Waals surface area contributed by atoms with Gasteiger partial charge in [-0.2, -0.15) is 0 Å². The molecule has 1 rings (SSSR count). The lowest BCUT2D eigenvalue weighted by Gasteiger charge is -2.11. The molecule has 0 aliphatic heterocycles. The third kappa shape index (κ3) is 2.22. The number of hydrogen-bond donors (Lipinski definition) is 0. The Hall–Kier alpha value is -0.0431. The third-order valence-corrected chi connectivity index (χ3v) is 3.96. The Labute approximate surface area is 96.1 Å². The largest absolute Gasteiger partial charge is 0.471 e. The number of benzene rings is 1. The maximum atomic E-state index is 13.0. The summed E-state index contributed by atoms with van der Waals surface area (Å²) < 4.78 is 64.4. The van der Waals surface area contributed by atoms with Crippen LogP contribution in [0.5, 0.6) is 0 Å². The molecule has 0 aliphatic carbocycles. The first kappa shape index (κ1) is 13.0. The van der Waals surface area contributed by atoms with Gasteiger partial charge in [-0.25, -0.2) is 17.6 Å². The lowest BCUT2D eigenvalue weighted by atomic mass is 10.3. The highest BCUT2D eigenvalue weighted by molar-refractivity contribution is 7.47. The second kappa shape index (κ2) is 4.08. The van der Waals surface area contributed by atoms with E-state index in [1.165, 1.54) is 0 Å². The summed E-state index contributed by atoms with van der Waals surface area (Å²) in [5.74, 6) is -7.89. The Morgan fingerprint density at radius 1 is 0.800 bits per heavy atom. The Morgan fingerprint density at radius 3 is 1.40 bits per heavy atom. The van der Waals surface area contributed by atoms with Crippen LogP contribution in [0.4, 0.5) is 21.7 Å². The van der Waals surface area contributed by atoms with Gasteiger partial charge in [-0.1, -0.05) is 11.6 Å². The lowest BCUT2D eigenvalue weighted by molar-refractivity contribution is 0.462. The zero-order valence-electron chi connectivity index (χ0n) is 6.52. The molecule has 0 bridgehead atoms. The zero-order chi connectivity index (χ0) is 12.0. The summed E-state index contributed by atoms with van der Waals surface area (Å²) >= 11 is 14.6. The molecule has 1 aromatic rings. The average Bonchev–Trinajstić information content (AvgIpc) is 2.09. The van der Waals surface area contributed by atoms with E-state index in [9.17, 15) is 21.7 Å². The first-order chi connectivity index (χ1) is 6.68. The molecular formula is C6Cl3F5Si. The van der Waals surface area contributed by atoms with Crippen molar-refractivity contribution in [1.82, 2.24) is 0 Å². The van der Waals surface area contributed by atoms with Crippen LogP contribution >= 0.6 is 33.8 Å². The number of hydrogen-bond acceptors (Lipinski definition) is 0. The van der Waals surface area contributed by atoms with Crippen LogP contribution in [0.1, 0.15) is 0 Å². The van der Waals surface area contributed by atoms with Crippen molar-refractivity contribution in [1.29, 1.82) is 0 Å². The van der Waals surface area contributed by atoms with Gasteiger partial charge in [0, 0.05) is 0 Å². The van der Waals surface area contributed by atoms with E-state index in [2.05, 4.69) is 0 Å². The Kier molecular flexibility index (Phi) is 3.54. The van der Waals surface area contributed by atoms with E-state index in [1.807, 2.05) is 0 Å². The van der Waals surface area contributed by atoms with Crippen molar-refractivity contribution in [2.75, 3.05) is 0 Å². The van der Waals surface area contributed by atoms with Crippen LogP contribution < -0.4 is 5.19 Å². The molecule has 0 atom stereocenters. The topological polar surface area (TPSA) is 0 Å². The smallest absolute Gasteiger partial charge is 0.266 e. The van der Waals surface area contributed by atoms with Crippen molar-refractivity contribution in [3.8, 4) is 0 Å². The molecule has 0 spiro atoms. The molecule has 0 aromatic heterocycles. The number of rotatable bonds is 1. The van der Waals surface area contributed by atoms with E-state index in [4.69, 9.17) is 33.8 Å². The summed E-state index contributed by atoms with van der Waals surface area (Å²) in [7, 11) is -5.05. The molecule has 9 heteroatoms. The van der Waals surface area contributed by atoms with Gasteiger partial charge >= 0.3 is 7.03 Å². The fourth-order valence-corrected chi connectivity index (χ4v) is 2.73. The highest BCUT2D eigenvalue weighted by Gasteiger charge is 2.42. The second-order valence-electron chi connectivity index (χ2n) is 2.44. The van der Waals surface area contributed by atoms with Gasteiger partial charge in [-0.3, -0.25) is 4.11 Å². The van der Waals surface area contributed by atoms with Gasteiger partial charge in [0.05, 0.1) is 5.19 Å². The van der Waals surface area contributed by atoms with Crippen molar-refractivity contribution in [3.63, 3.8) is 0 Å². The fourth-order valence-electron chi connectivity index (χ4n) is 0.854. The molecule has 0 saturated heterocycles. The standard InChI is InChI=1S/C6Cl3F5Si/c7-1-2(10)4(12)6(15(8,9)14)5(13)3(1)11. The lowest BCUT2D eigenvalue weighted by Crippen LogP contribution is -2.39. The molecule has 1 aromatic carbocycles. The second-order valence-corrected chi connectivity index (χ2v) is 8.02. The molecule has 15 heavy (non-hydrogen) atoms. The molecule has 0 aliphatic rings. The van der Waals surface area contributed by atoms with E-state index in [0.717, 1.165) is 0 Å². The minimum absolute atomic E-state index is 1.42. The minimum atomic E-state index is -5.05. The van der Waals surface area contributed by atoms with Gasteiger partial charge < -0.3 is 0 Å². The highest BCUT2D eigenvalue weighted by atomic mass is 35.7. The first-order valence-electron chi connectivity index (χ1n) is 3.26. The van der Waals surface area contributed by atoms with E-state index < -0.39 is 40.5 Å². The summed E-state index contributed by atoms with van der Waals surface area (Å²) in [5.41, 5.74) is 0. The highest BCUT2D eigenvalue weighted by Crippen LogP contribution is 2.27. The third-order valence-electron chi connectivity index (χ3n) is 1.49. The molecule has 0 saturated carbocycles. The van der Waals surface area contributed by atoms with Crippen LogP contribution in [0.15, 0.2) is 0 Å². The predicted octanol–water partition coefficient (Wildman–Crippen LogP) is 3.49. The van der Waals surface area contributed by atoms with Crippen LogP contribution in [-0.2, 0) is 0 Å². The molecule has 0 fully saturated rings. The summed E-state index contributed by atoms with van der Waals surface area (Å²) in [4.78, 5) is 0. The van der Waals surface area contributed by atoms with E-state index in [-0.39, 0.29) is 0 Å². The maximum absolute atomic E-state index is 13.0. The van der Waals surface area contributed by atoms with Crippen LogP contribution in [0.3, 0.4) is 0 Å². The van der Waals surface area contributed by atoms with Gasteiger partial charge in [0.1, 0.15) is 5.02 Å². The van der Waals surface area contributed by atoms with Crippen LogP contribution in [0.2, 0.25) is 5.02 Å². The molecule has 0 N–H and O–H groups in total. The average molecular weight is 302 g/mol. The molecule has 0 heterocycles. The normalized spacial score (nSPS) is 12.0. The van der Waals surface area contributed by atoms with E-state index >= 15 is 0 Å². The van der Waals surface area contributed by atoms with Crippen LogP contribution in [0, 0.1) is 23.3 Å². The van der Waals surface area contributed by atoms with Crippen LogP contribution in [0.25, 0.3) is 0 Å². The van der Waals surface area contributed by atoms with Gasteiger partial charge in [-0.15, -0.1) is 22.2 Å². The summed E-state index contributed by atoms with van der Waals surface area (Å²) in [6.45, 7) is 0. The Balaban J connectivity index is 3.68. The van der Waals surface area contributed by atoms with Crippen molar-refractivity contribution < 1.29 is 21.7 Å². The van der Waals surface area contributed by atoms with Gasteiger partial charge in [0.15, 0.2) is 23.3 Å². The van der Waals surface area contributed by atoms with Gasteiger partial charge in [-0.05, 0) is 0 Å². The van der Waals surface area contributed by atoms with Crippen molar-refractivity contribution in [2.45, 2.75) is 0 Å². The fraction of sp³-hybridized carbons (Fsp3) is 0. The summed E-state index contributed by atoms with van der Waals surface area (Å²) in [6, 6.07) is 0. The Bertz CT molecular complexity index is 387. The Morgan fingerprint density at radius 2 is 1.13 bits per heavy atom. The quantitative estimate of drug-likeness (QED) is 0.245. The summed E-state index contributed by atoms with van der Waals surface area (Å²) in [5, 5.41) is -3.05. The zero-order valence-corrected chi connectivity index (χ0v) is 9.79. The van der Waals surface area contributed by atoms with Crippen molar-refractivity contribution >= 4 is 46.0 Å². The molecular weight excluding hydrogens is 302 g/mol. The molecule has 0 radical (unpaired) electrons. The van der Waals surface area contributed by atoms with E-state index in [1.54, 1.807) is 0 Å².